The first-order valence-corrected chi connectivity index (χ1v) is 6.42. The molecule has 3 rings (SSSR count). The molecule has 0 spiro atoms. The van der Waals surface area contributed by atoms with E-state index >= 15 is 0 Å². The topological polar surface area (TPSA) is 40.5 Å². The second-order valence-electron chi connectivity index (χ2n) is 5.06. The van der Waals surface area contributed by atoms with Gasteiger partial charge in [-0.3, -0.25) is 0 Å². The molecule has 17 heavy (non-hydrogen) atoms. The molecule has 0 aromatic heterocycles. The van der Waals surface area contributed by atoms with E-state index in [0.717, 1.165) is 36.3 Å². The van der Waals surface area contributed by atoms with Crippen LogP contribution >= 0.6 is 11.6 Å². The van der Waals surface area contributed by atoms with Crippen LogP contribution in [0.3, 0.4) is 0 Å². The van der Waals surface area contributed by atoms with Gasteiger partial charge in [-0.25, -0.2) is 0 Å². The number of allylic oxidation sites excluding steroid dienone is 2. The van der Waals surface area contributed by atoms with Crippen LogP contribution in [-0.2, 0) is 5.41 Å². The van der Waals surface area contributed by atoms with Gasteiger partial charge in [0.2, 0.25) is 0 Å². The van der Waals surface area contributed by atoms with Gasteiger partial charge < -0.3 is 10.2 Å². The Hall–Kier alpha value is -1.15. The molecule has 2 aliphatic rings. The first-order chi connectivity index (χ1) is 8.13. The van der Waals surface area contributed by atoms with Crippen LogP contribution in [0.15, 0.2) is 28.8 Å². The summed E-state index contributed by atoms with van der Waals surface area (Å²) in [5.41, 5.74) is 2.33. The molecule has 1 aromatic rings. The lowest BCUT2D eigenvalue weighted by atomic mass is 9.85. The number of aromatic hydroxyl groups is 2. The average molecular weight is 251 g/mol. The van der Waals surface area contributed by atoms with Crippen LogP contribution in [0.2, 0.25) is 0 Å². The zero-order chi connectivity index (χ0) is 12.0. The Bertz CT molecular complexity index is 495. The van der Waals surface area contributed by atoms with Gasteiger partial charge in [0.15, 0.2) is 11.5 Å². The number of halogens is 1. The average Bonchev–Trinajstić information content (AvgIpc) is 3.00. The molecule has 2 aliphatic carbocycles. The SMILES string of the molecule is Oc1ccc(C2(C(Cl)=C3CCC3)CC2)cc1O. The van der Waals surface area contributed by atoms with Crippen LogP contribution in [0.5, 0.6) is 11.5 Å². The van der Waals surface area contributed by atoms with Crippen molar-refractivity contribution in [2.75, 3.05) is 0 Å². The molecule has 3 heteroatoms. The Labute approximate surface area is 106 Å². The molecule has 0 saturated heterocycles. The summed E-state index contributed by atoms with van der Waals surface area (Å²) in [4.78, 5) is 0. The van der Waals surface area contributed by atoms with Gasteiger partial charge in [0, 0.05) is 10.4 Å². The van der Waals surface area contributed by atoms with Crippen LogP contribution < -0.4 is 0 Å². The Morgan fingerprint density at radius 2 is 1.82 bits per heavy atom. The second-order valence-corrected chi connectivity index (χ2v) is 5.43. The predicted molar refractivity (Wildman–Crippen MR) is 67.4 cm³/mol. The lowest BCUT2D eigenvalue weighted by molar-refractivity contribution is 0.402. The van der Waals surface area contributed by atoms with E-state index in [1.807, 2.05) is 6.07 Å². The number of rotatable bonds is 2. The Morgan fingerprint density at radius 3 is 2.29 bits per heavy atom. The smallest absolute Gasteiger partial charge is 0.157 e. The zero-order valence-corrected chi connectivity index (χ0v) is 10.3. The van der Waals surface area contributed by atoms with E-state index in [-0.39, 0.29) is 16.9 Å². The molecule has 0 atom stereocenters. The number of phenolic OH excluding ortho intramolecular Hbond substituents is 2. The van der Waals surface area contributed by atoms with Gasteiger partial charge in [0.05, 0.1) is 0 Å². The Balaban J connectivity index is 2.00. The number of hydrogen-bond acceptors (Lipinski definition) is 2. The number of hydrogen-bond donors (Lipinski definition) is 2. The van der Waals surface area contributed by atoms with Crippen molar-refractivity contribution in [2.24, 2.45) is 0 Å². The molecule has 0 amide bonds. The third-order valence-electron chi connectivity index (χ3n) is 3.97. The van der Waals surface area contributed by atoms with Crippen LogP contribution in [0.1, 0.15) is 37.7 Å². The fourth-order valence-electron chi connectivity index (χ4n) is 2.49. The number of phenols is 2. The first-order valence-electron chi connectivity index (χ1n) is 6.04. The van der Waals surface area contributed by atoms with Gasteiger partial charge in [0.25, 0.3) is 0 Å². The van der Waals surface area contributed by atoms with Crippen LogP contribution in [-0.4, -0.2) is 10.2 Å². The van der Waals surface area contributed by atoms with E-state index < -0.39 is 0 Å². The maximum absolute atomic E-state index is 9.57. The Morgan fingerprint density at radius 1 is 1.12 bits per heavy atom. The molecule has 0 radical (unpaired) electrons. The molecule has 0 aliphatic heterocycles. The van der Waals surface area contributed by atoms with Crippen molar-refractivity contribution in [1.82, 2.24) is 0 Å². The molecule has 2 fully saturated rings. The zero-order valence-electron chi connectivity index (χ0n) is 9.54. The van der Waals surface area contributed by atoms with Crippen molar-refractivity contribution in [1.29, 1.82) is 0 Å². The molecule has 90 valence electrons. The maximum Gasteiger partial charge on any atom is 0.157 e. The fraction of sp³-hybridized carbons (Fsp3) is 0.429. The standard InChI is InChI=1S/C14H15ClO2/c15-13(9-2-1-3-9)14(6-7-14)10-4-5-11(16)12(17)8-10/h4-5,8,16-17H,1-3,6-7H2. The molecule has 1 aromatic carbocycles. The molecule has 2 N–H and O–H groups in total. The van der Waals surface area contributed by atoms with Gasteiger partial charge in [-0.1, -0.05) is 23.2 Å². The van der Waals surface area contributed by atoms with E-state index in [2.05, 4.69) is 0 Å². The van der Waals surface area contributed by atoms with Crippen LogP contribution in [0.4, 0.5) is 0 Å². The predicted octanol–water partition coefficient (Wildman–Crippen LogP) is 3.81. The summed E-state index contributed by atoms with van der Waals surface area (Å²) in [6.07, 6.45) is 5.55. The first kappa shape index (κ1) is 11.0. The van der Waals surface area contributed by atoms with Gasteiger partial charge in [0.1, 0.15) is 0 Å². The summed E-state index contributed by atoms with van der Waals surface area (Å²) in [5, 5.41) is 19.9. The summed E-state index contributed by atoms with van der Waals surface area (Å²) < 4.78 is 0. The third-order valence-corrected chi connectivity index (χ3v) is 4.59. The van der Waals surface area contributed by atoms with Crippen LogP contribution in [0.25, 0.3) is 0 Å². The van der Waals surface area contributed by atoms with Crippen molar-refractivity contribution in [3.63, 3.8) is 0 Å². The quantitative estimate of drug-likeness (QED) is 0.784. The Kier molecular flexibility index (Phi) is 2.37. The number of benzene rings is 1. The fourth-order valence-corrected chi connectivity index (χ4v) is 2.98. The molecular formula is C14H15ClO2. The molecule has 2 saturated carbocycles. The monoisotopic (exact) mass is 250 g/mol. The van der Waals surface area contributed by atoms with Crippen LogP contribution in [0, 0.1) is 0 Å². The second kappa shape index (κ2) is 3.67. The largest absolute Gasteiger partial charge is 0.504 e. The van der Waals surface area contributed by atoms with Crippen molar-refractivity contribution in [2.45, 2.75) is 37.5 Å². The summed E-state index contributed by atoms with van der Waals surface area (Å²) in [6, 6.07) is 5.05. The van der Waals surface area contributed by atoms with Crippen molar-refractivity contribution >= 4 is 11.6 Å². The van der Waals surface area contributed by atoms with E-state index in [1.54, 1.807) is 12.1 Å². The third kappa shape index (κ3) is 1.62. The maximum atomic E-state index is 9.57. The van der Waals surface area contributed by atoms with Crippen molar-refractivity contribution in [3.8, 4) is 11.5 Å². The van der Waals surface area contributed by atoms with E-state index in [9.17, 15) is 10.2 Å². The molecule has 0 bridgehead atoms. The van der Waals surface area contributed by atoms with E-state index in [1.165, 1.54) is 12.0 Å². The van der Waals surface area contributed by atoms with E-state index in [4.69, 9.17) is 11.6 Å². The molecule has 0 heterocycles. The highest BCUT2D eigenvalue weighted by Crippen LogP contribution is 2.58. The lowest BCUT2D eigenvalue weighted by Gasteiger charge is -2.24. The minimum Gasteiger partial charge on any atom is -0.504 e. The highest BCUT2D eigenvalue weighted by atomic mass is 35.5. The van der Waals surface area contributed by atoms with E-state index in [0.29, 0.717) is 0 Å². The minimum absolute atomic E-state index is 0.0585. The van der Waals surface area contributed by atoms with Gasteiger partial charge in [-0.15, -0.1) is 0 Å². The summed E-state index contributed by atoms with van der Waals surface area (Å²) in [5.74, 6) is -0.131. The van der Waals surface area contributed by atoms with Gasteiger partial charge >= 0.3 is 0 Å². The molecule has 2 nitrogen and oxygen atoms in total. The molecular weight excluding hydrogens is 236 g/mol. The van der Waals surface area contributed by atoms with Crippen molar-refractivity contribution in [3.05, 3.63) is 34.4 Å². The summed E-state index contributed by atoms with van der Waals surface area (Å²) in [6.45, 7) is 0. The van der Waals surface area contributed by atoms with Gasteiger partial charge in [-0.2, -0.15) is 0 Å². The minimum atomic E-state index is -0.0723. The highest BCUT2D eigenvalue weighted by Gasteiger charge is 2.48. The highest BCUT2D eigenvalue weighted by molar-refractivity contribution is 6.31. The summed E-state index contributed by atoms with van der Waals surface area (Å²) in [7, 11) is 0. The van der Waals surface area contributed by atoms with Gasteiger partial charge in [-0.05, 0) is 49.8 Å². The van der Waals surface area contributed by atoms with Crippen molar-refractivity contribution < 1.29 is 10.2 Å². The normalized spacial score (nSPS) is 20.9. The lowest BCUT2D eigenvalue weighted by Crippen LogP contribution is -2.12. The summed E-state index contributed by atoms with van der Waals surface area (Å²) >= 11 is 6.50. The molecule has 0 unspecified atom stereocenters.